The summed E-state index contributed by atoms with van der Waals surface area (Å²) in [5, 5.41) is 25.8. The Morgan fingerprint density at radius 3 is 2.50 bits per heavy atom. The average Bonchev–Trinajstić information content (AvgIpc) is 2.03. The minimum atomic E-state index is -0.998. The van der Waals surface area contributed by atoms with Gasteiger partial charge in [0.05, 0.1) is 6.61 Å². The van der Waals surface area contributed by atoms with E-state index >= 15 is 0 Å². The standard InChI is InChI=1S/C6H12O5S/c1-4(8)6(12)11-10-3-5(9)2-7/h4-5,7-9H,2-3H2,1H3. The summed E-state index contributed by atoms with van der Waals surface area (Å²) >= 11 is 4.52. The van der Waals surface area contributed by atoms with Gasteiger partial charge in [0, 0.05) is 0 Å². The Bertz CT molecular complexity index is 138. The first-order chi connectivity index (χ1) is 5.57. The summed E-state index contributed by atoms with van der Waals surface area (Å²) in [5.74, 6) is 0. The third-order valence-corrected chi connectivity index (χ3v) is 1.36. The monoisotopic (exact) mass is 196 g/mol. The molecule has 0 aliphatic carbocycles. The lowest BCUT2D eigenvalue weighted by atomic mass is 10.4. The Morgan fingerprint density at radius 2 is 2.08 bits per heavy atom. The molecule has 0 saturated heterocycles. The van der Waals surface area contributed by atoms with Gasteiger partial charge < -0.3 is 20.2 Å². The Morgan fingerprint density at radius 1 is 1.50 bits per heavy atom. The molecule has 72 valence electrons. The average molecular weight is 196 g/mol. The van der Waals surface area contributed by atoms with E-state index in [0.717, 1.165) is 0 Å². The van der Waals surface area contributed by atoms with Crippen LogP contribution in [0.25, 0.3) is 0 Å². The summed E-state index contributed by atoms with van der Waals surface area (Å²) in [6.07, 6.45) is -1.90. The van der Waals surface area contributed by atoms with E-state index in [9.17, 15) is 0 Å². The SMILES string of the molecule is CC(O)C(=S)OOCC(O)CO. The molecule has 0 aliphatic rings. The van der Waals surface area contributed by atoms with Gasteiger partial charge in [0.15, 0.2) is 0 Å². The zero-order valence-electron chi connectivity index (χ0n) is 6.64. The molecule has 3 N–H and O–H groups in total. The maximum atomic E-state index is 8.79. The maximum absolute atomic E-state index is 8.79. The molecule has 0 spiro atoms. The molecule has 0 bridgehead atoms. The predicted molar refractivity (Wildman–Crippen MR) is 44.4 cm³/mol. The van der Waals surface area contributed by atoms with Crippen molar-refractivity contribution in [2.45, 2.75) is 19.1 Å². The molecular weight excluding hydrogens is 184 g/mol. The number of aliphatic hydroxyl groups excluding tert-OH is 3. The molecule has 0 aromatic heterocycles. The van der Waals surface area contributed by atoms with Crippen LogP contribution in [0, 0.1) is 0 Å². The number of hydrogen-bond acceptors (Lipinski definition) is 6. The lowest BCUT2D eigenvalue weighted by molar-refractivity contribution is -0.242. The van der Waals surface area contributed by atoms with Crippen molar-refractivity contribution >= 4 is 17.3 Å². The summed E-state index contributed by atoms with van der Waals surface area (Å²) < 4.78 is 0. The van der Waals surface area contributed by atoms with Crippen LogP contribution >= 0.6 is 12.2 Å². The van der Waals surface area contributed by atoms with E-state index in [1.165, 1.54) is 6.92 Å². The molecule has 0 aliphatic heterocycles. The van der Waals surface area contributed by atoms with Crippen LogP contribution in [0.2, 0.25) is 0 Å². The highest BCUT2D eigenvalue weighted by atomic mass is 32.1. The second-order valence-corrected chi connectivity index (χ2v) is 2.60. The summed E-state index contributed by atoms with van der Waals surface area (Å²) in [5.41, 5.74) is 0. The van der Waals surface area contributed by atoms with E-state index in [4.69, 9.17) is 15.3 Å². The lowest BCUT2D eigenvalue weighted by Crippen LogP contribution is -2.23. The highest BCUT2D eigenvalue weighted by Gasteiger charge is 2.08. The van der Waals surface area contributed by atoms with Gasteiger partial charge >= 0.3 is 0 Å². The zero-order chi connectivity index (χ0) is 9.56. The first-order valence-corrected chi connectivity index (χ1v) is 3.79. The molecule has 0 amide bonds. The lowest BCUT2D eigenvalue weighted by Gasteiger charge is -2.09. The third kappa shape index (κ3) is 5.39. The molecule has 0 radical (unpaired) electrons. The molecule has 0 fully saturated rings. The van der Waals surface area contributed by atoms with Gasteiger partial charge in [0.2, 0.25) is 5.05 Å². The minimum absolute atomic E-state index is 0.111. The molecule has 0 aromatic rings. The molecule has 0 rings (SSSR count). The van der Waals surface area contributed by atoms with Crippen LogP contribution in [0.3, 0.4) is 0 Å². The van der Waals surface area contributed by atoms with Gasteiger partial charge in [0.1, 0.15) is 18.8 Å². The second kappa shape index (κ2) is 6.27. The van der Waals surface area contributed by atoms with Gasteiger partial charge in [-0.3, -0.25) is 0 Å². The van der Waals surface area contributed by atoms with Crippen LogP contribution < -0.4 is 0 Å². The van der Waals surface area contributed by atoms with Crippen molar-refractivity contribution in [3.05, 3.63) is 0 Å². The van der Waals surface area contributed by atoms with Crippen LogP contribution in [0.5, 0.6) is 0 Å². The van der Waals surface area contributed by atoms with Crippen molar-refractivity contribution in [3.63, 3.8) is 0 Å². The van der Waals surface area contributed by atoms with Crippen LogP contribution in [0.4, 0.5) is 0 Å². The summed E-state index contributed by atoms with van der Waals surface area (Å²) in [6.45, 7) is 0.822. The Balaban J connectivity index is 3.37. The number of rotatable bonds is 5. The largest absolute Gasteiger partial charge is 0.394 e. The molecule has 0 heterocycles. The van der Waals surface area contributed by atoms with Crippen molar-refractivity contribution in [2.24, 2.45) is 0 Å². The minimum Gasteiger partial charge on any atom is -0.394 e. The third-order valence-electron chi connectivity index (χ3n) is 0.953. The fourth-order valence-corrected chi connectivity index (χ4v) is 0.341. The van der Waals surface area contributed by atoms with Crippen molar-refractivity contribution in [3.8, 4) is 0 Å². The van der Waals surface area contributed by atoms with Crippen molar-refractivity contribution < 1.29 is 25.1 Å². The Labute approximate surface area is 75.5 Å². The fourth-order valence-electron chi connectivity index (χ4n) is 0.293. The van der Waals surface area contributed by atoms with Crippen LogP contribution in [0.1, 0.15) is 6.92 Å². The first kappa shape index (κ1) is 11.7. The maximum Gasteiger partial charge on any atom is 0.233 e. The number of aliphatic hydroxyl groups is 3. The highest BCUT2D eigenvalue weighted by molar-refractivity contribution is 7.80. The summed E-state index contributed by atoms with van der Waals surface area (Å²) in [7, 11) is 0. The van der Waals surface area contributed by atoms with Crippen molar-refractivity contribution in [2.75, 3.05) is 13.2 Å². The van der Waals surface area contributed by atoms with E-state index in [1.54, 1.807) is 0 Å². The van der Waals surface area contributed by atoms with Gasteiger partial charge in [-0.1, -0.05) is 0 Å². The summed E-state index contributed by atoms with van der Waals surface area (Å²) in [6, 6.07) is 0. The van der Waals surface area contributed by atoms with E-state index in [0.29, 0.717) is 0 Å². The molecular formula is C6H12O5S. The van der Waals surface area contributed by atoms with E-state index in [1.807, 2.05) is 0 Å². The van der Waals surface area contributed by atoms with Crippen LogP contribution in [-0.2, 0) is 9.78 Å². The molecule has 5 nitrogen and oxygen atoms in total. The van der Waals surface area contributed by atoms with Gasteiger partial charge in [0.25, 0.3) is 0 Å². The topological polar surface area (TPSA) is 79.2 Å². The normalized spacial score (nSPS) is 15.3. The van der Waals surface area contributed by atoms with Crippen LogP contribution in [0.15, 0.2) is 0 Å². The van der Waals surface area contributed by atoms with E-state index in [2.05, 4.69) is 22.0 Å². The van der Waals surface area contributed by atoms with Crippen LogP contribution in [-0.4, -0.2) is 45.8 Å². The number of hydrogen-bond donors (Lipinski definition) is 3. The summed E-state index contributed by atoms with van der Waals surface area (Å²) in [4.78, 5) is 8.78. The van der Waals surface area contributed by atoms with Gasteiger partial charge in [-0.05, 0) is 19.1 Å². The quantitative estimate of drug-likeness (QED) is 0.297. The molecule has 2 atom stereocenters. The van der Waals surface area contributed by atoms with Gasteiger partial charge in [-0.15, -0.1) is 0 Å². The Kier molecular flexibility index (Phi) is 6.13. The zero-order valence-corrected chi connectivity index (χ0v) is 7.45. The van der Waals surface area contributed by atoms with Crippen molar-refractivity contribution in [1.29, 1.82) is 0 Å². The van der Waals surface area contributed by atoms with Gasteiger partial charge in [-0.2, -0.15) is 4.89 Å². The predicted octanol–water partition coefficient (Wildman–Crippen LogP) is -1.00. The first-order valence-electron chi connectivity index (χ1n) is 3.38. The Hall–Kier alpha value is -0.270. The molecule has 2 unspecified atom stereocenters. The molecule has 0 saturated carbocycles. The fraction of sp³-hybridized carbons (Fsp3) is 0.833. The highest BCUT2D eigenvalue weighted by Crippen LogP contribution is 1.93. The van der Waals surface area contributed by atoms with E-state index in [-0.39, 0.29) is 11.7 Å². The van der Waals surface area contributed by atoms with Gasteiger partial charge in [-0.25, -0.2) is 0 Å². The molecule has 6 heteroatoms. The van der Waals surface area contributed by atoms with Crippen molar-refractivity contribution in [1.82, 2.24) is 0 Å². The smallest absolute Gasteiger partial charge is 0.233 e. The molecule has 0 aromatic carbocycles. The second-order valence-electron chi connectivity index (χ2n) is 2.20. The molecule has 12 heavy (non-hydrogen) atoms. The number of thiocarbonyl (C=S) groups is 1. The van der Waals surface area contributed by atoms with E-state index < -0.39 is 18.8 Å².